The molecular weight excluding hydrogens is 230 g/mol. The average Bonchev–Trinajstić information content (AvgIpc) is 2.18. The van der Waals surface area contributed by atoms with Crippen LogP contribution in [0, 0.1) is 0 Å². The predicted molar refractivity (Wildman–Crippen MR) is 65.6 cm³/mol. The molecule has 0 saturated heterocycles. The molecule has 0 heterocycles. The Bertz CT molecular complexity index is 343. The van der Waals surface area contributed by atoms with Crippen LogP contribution in [0.15, 0.2) is 29.2 Å². The van der Waals surface area contributed by atoms with Gasteiger partial charge in [-0.25, -0.2) is 0 Å². The van der Waals surface area contributed by atoms with Gasteiger partial charge < -0.3 is 5.73 Å². The van der Waals surface area contributed by atoms with Gasteiger partial charge in [0.05, 0.1) is 10.8 Å². The molecule has 2 unspecified atom stereocenters. The summed E-state index contributed by atoms with van der Waals surface area (Å²) in [6, 6.07) is 7.14. The van der Waals surface area contributed by atoms with Crippen LogP contribution in [-0.2, 0) is 10.8 Å². The molecule has 0 aliphatic heterocycles. The van der Waals surface area contributed by atoms with Gasteiger partial charge in [0.2, 0.25) is 0 Å². The summed E-state index contributed by atoms with van der Waals surface area (Å²) >= 11 is 5.82. The van der Waals surface area contributed by atoms with E-state index >= 15 is 0 Å². The van der Waals surface area contributed by atoms with Crippen molar-refractivity contribution in [1.29, 1.82) is 0 Å². The van der Waals surface area contributed by atoms with Crippen molar-refractivity contribution in [3.8, 4) is 0 Å². The van der Waals surface area contributed by atoms with Gasteiger partial charge in [0.15, 0.2) is 0 Å². The van der Waals surface area contributed by atoms with Gasteiger partial charge in [-0.2, -0.15) is 0 Å². The van der Waals surface area contributed by atoms with E-state index in [4.69, 9.17) is 17.3 Å². The first-order valence-corrected chi connectivity index (χ1v) is 6.72. The quantitative estimate of drug-likeness (QED) is 0.867. The average molecular weight is 246 g/mol. The summed E-state index contributed by atoms with van der Waals surface area (Å²) in [5.74, 6) is 0.508. The van der Waals surface area contributed by atoms with Gasteiger partial charge in [-0.3, -0.25) is 4.21 Å². The molecule has 2 nitrogen and oxygen atoms in total. The molecule has 15 heavy (non-hydrogen) atoms. The summed E-state index contributed by atoms with van der Waals surface area (Å²) in [6.07, 6.45) is 1.93. The Morgan fingerprint density at radius 2 is 2.27 bits per heavy atom. The van der Waals surface area contributed by atoms with Crippen LogP contribution in [0.2, 0.25) is 5.02 Å². The molecule has 0 amide bonds. The second-order valence-corrected chi connectivity index (χ2v) is 5.45. The minimum absolute atomic E-state index is 0.00909. The Balaban J connectivity index is 2.61. The molecule has 4 heteroatoms. The van der Waals surface area contributed by atoms with E-state index in [-0.39, 0.29) is 6.04 Å². The maximum absolute atomic E-state index is 11.9. The lowest BCUT2D eigenvalue weighted by atomic mass is 10.2. The van der Waals surface area contributed by atoms with E-state index in [2.05, 4.69) is 6.92 Å². The molecule has 0 radical (unpaired) electrons. The number of rotatable bonds is 5. The molecule has 0 aliphatic carbocycles. The molecule has 0 saturated carbocycles. The zero-order chi connectivity index (χ0) is 11.3. The molecule has 84 valence electrons. The van der Waals surface area contributed by atoms with E-state index < -0.39 is 10.8 Å². The lowest BCUT2D eigenvalue weighted by molar-refractivity contribution is 0.638. The first kappa shape index (κ1) is 12.7. The van der Waals surface area contributed by atoms with E-state index in [1.165, 1.54) is 0 Å². The van der Waals surface area contributed by atoms with E-state index in [9.17, 15) is 4.21 Å². The zero-order valence-electron chi connectivity index (χ0n) is 8.78. The van der Waals surface area contributed by atoms with Crippen molar-refractivity contribution in [3.63, 3.8) is 0 Å². The summed E-state index contributed by atoms with van der Waals surface area (Å²) in [4.78, 5) is 0.758. The van der Waals surface area contributed by atoms with Crippen LogP contribution in [-0.4, -0.2) is 16.0 Å². The molecule has 1 aromatic rings. The highest BCUT2D eigenvalue weighted by molar-refractivity contribution is 7.85. The van der Waals surface area contributed by atoms with Crippen molar-refractivity contribution in [2.24, 2.45) is 5.73 Å². The topological polar surface area (TPSA) is 43.1 Å². The second kappa shape index (κ2) is 6.26. The summed E-state index contributed by atoms with van der Waals surface area (Å²) in [5, 5.41) is 0.616. The fourth-order valence-electron chi connectivity index (χ4n) is 1.35. The predicted octanol–water partition coefficient (Wildman–Crippen LogP) is 2.58. The summed E-state index contributed by atoms with van der Waals surface area (Å²) in [7, 11) is -1.03. The molecule has 0 fully saturated rings. The van der Waals surface area contributed by atoms with Gasteiger partial charge in [0.25, 0.3) is 0 Å². The third kappa shape index (κ3) is 4.33. The van der Waals surface area contributed by atoms with Crippen LogP contribution in [0.25, 0.3) is 0 Å². The Morgan fingerprint density at radius 3 is 2.87 bits per heavy atom. The number of hydrogen-bond donors (Lipinski definition) is 1. The van der Waals surface area contributed by atoms with Gasteiger partial charge >= 0.3 is 0 Å². The molecule has 1 rings (SSSR count). The minimum Gasteiger partial charge on any atom is -0.327 e. The number of hydrogen-bond acceptors (Lipinski definition) is 2. The lowest BCUT2D eigenvalue weighted by Gasteiger charge is -2.09. The Kier molecular flexibility index (Phi) is 5.29. The Morgan fingerprint density at radius 1 is 1.53 bits per heavy atom. The first-order valence-electron chi connectivity index (χ1n) is 5.03. The van der Waals surface area contributed by atoms with Crippen LogP contribution in [0.5, 0.6) is 0 Å². The highest BCUT2D eigenvalue weighted by Gasteiger charge is 2.09. The molecule has 0 aliphatic rings. The van der Waals surface area contributed by atoms with E-state index in [1.54, 1.807) is 18.2 Å². The molecule has 0 bridgehead atoms. The normalized spacial score (nSPS) is 14.9. The minimum atomic E-state index is -1.03. The standard InChI is InChI=1S/C11H16ClNOS/c1-2-4-10(13)8-15(14)11-6-3-5-9(12)7-11/h3,5-7,10H,2,4,8,13H2,1H3. The van der Waals surface area contributed by atoms with Crippen molar-refractivity contribution >= 4 is 22.4 Å². The smallest absolute Gasteiger partial charge is 0.0545 e. The summed E-state index contributed by atoms with van der Waals surface area (Å²) in [6.45, 7) is 2.07. The van der Waals surface area contributed by atoms with E-state index in [1.807, 2.05) is 6.07 Å². The lowest BCUT2D eigenvalue weighted by Crippen LogP contribution is -2.26. The van der Waals surface area contributed by atoms with Gasteiger partial charge in [-0.1, -0.05) is 31.0 Å². The molecule has 0 aromatic heterocycles. The zero-order valence-corrected chi connectivity index (χ0v) is 10.4. The second-order valence-electron chi connectivity index (χ2n) is 3.52. The van der Waals surface area contributed by atoms with Gasteiger partial charge in [0.1, 0.15) is 0 Å². The van der Waals surface area contributed by atoms with E-state index in [0.29, 0.717) is 10.8 Å². The SMILES string of the molecule is CCCC(N)CS(=O)c1cccc(Cl)c1. The number of halogens is 1. The van der Waals surface area contributed by atoms with Gasteiger partial charge in [-0.15, -0.1) is 0 Å². The van der Waals surface area contributed by atoms with Crippen molar-refractivity contribution in [2.75, 3.05) is 5.75 Å². The van der Waals surface area contributed by atoms with Crippen LogP contribution < -0.4 is 5.73 Å². The summed E-state index contributed by atoms with van der Waals surface area (Å²) in [5.41, 5.74) is 5.83. The van der Waals surface area contributed by atoms with E-state index in [0.717, 1.165) is 17.7 Å². The van der Waals surface area contributed by atoms with Crippen LogP contribution in [0.4, 0.5) is 0 Å². The first-order chi connectivity index (χ1) is 7.13. The molecular formula is C11H16ClNOS. The monoisotopic (exact) mass is 245 g/mol. The highest BCUT2D eigenvalue weighted by atomic mass is 35.5. The number of benzene rings is 1. The fourth-order valence-corrected chi connectivity index (χ4v) is 2.85. The van der Waals surface area contributed by atoms with Crippen molar-refractivity contribution in [1.82, 2.24) is 0 Å². The number of nitrogens with two attached hydrogens (primary N) is 1. The maximum Gasteiger partial charge on any atom is 0.0545 e. The van der Waals surface area contributed by atoms with Crippen molar-refractivity contribution in [3.05, 3.63) is 29.3 Å². The van der Waals surface area contributed by atoms with Gasteiger partial charge in [0, 0.05) is 21.7 Å². The third-order valence-corrected chi connectivity index (χ3v) is 3.83. The fraction of sp³-hybridized carbons (Fsp3) is 0.455. The van der Waals surface area contributed by atoms with Gasteiger partial charge in [-0.05, 0) is 24.6 Å². The van der Waals surface area contributed by atoms with Crippen LogP contribution >= 0.6 is 11.6 Å². The molecule has 0 spiro atoms. The summed E-state index contributed by atoms with van der Waals surface area (Å²) < 4.78 is 11.9. The maximum atomic E-state index is 11.9. The molecule has 1 aromatic carbocycles. The van der Waals surface area contributed by atoms with Crippen molar-refractivity contribution in [2.45, 2.75) is 30.7 Å². The largest absolute Gasteiger partial charge is 0.327 e. The Labute approximate surface area is 98.3 Å². The third-order valence-electron chi connectivity index (χ3n) is 2.08. The highest BCUT2D eigenvalue weighted by Crippen LogP contribution is 2.14. The Hall–Kier alpha value is -0.380. The van der Waals surface area contributed by atoms with Crippen molar-refractivity contribution < 1.29 is 4.21 Å². The molecule has 2 N–H and O–H groups in total. The van der Waals surface area contributed by atoms with Crippen LogP contribution in [0.1, 0.15) is 19.8 Å². The molecule has 2 atom stereocenters. The van der Waals surface area contributed by atoms with Crippen LogP contribution in [0.3, 0.4) is 0 Å².